The van der Waals surface area contributed by atoms with Crippen LogP contribution in [0.5, 0.6) is 11.5 Å². The molecule has 0 aromatic heterocycles. The number of guanidine groups is 1. The lowest BCUT2D eigenvalue weighted by Crippen LogP contribution is -2.36. The summed E-state index contributed by atoms with van der Waals surface area (Å²) < 4.78 is 11.6. The molecule has 33 heavy (non-hydrogen) atoms. The second kappa shape index (κ2) is 12.5. The molecule has 1 heterocycles. The van der Waals surface area contributed by atoms with Gasteiger partial charge >= 0.3 is 0 Å². The number of fused-ring (bicyclic) bond motifs is 1. The van der Waals surface area contributed by atoms with Crippen LogP contribution in [0.1, 0.15) is 47.1 Å². The minimum absolute atomic E-state index is 0. The lowest BCUT2D eigenvalue weighted by Gasteiger charge is -2.21. The molecule has 1 fully saturated rings. The molecule has 1 saturated heterocycles. The van der Waals surface area contributed by atoms with Gasteiger partial charge in [-0.2, -0.15) is 0 Å². The number of hydrogen-bond donors (Lipinski definition) is 3. The fourth-order valence-corrected chi connectivity index (χ4v) is 4.53. The third-order valence-corrected chi connectivity index (χ3v) is 6.45. The van der Waals surface area contributed by atoms with Crippen LogP contribution in [-0.4, -0.2) is 37.9 Å². The minimum atomic E-state index is 0. The van der Waals surface area contributed by atoms with E-state index in [-0.39, 0.29) is 24.0 Å². The molecular formula is C26H36IN3O3. The number of ether oxygens (including phenoxy) is 2. The lowest BCUT2D eigenvalue weighted by molar-refractivity contribution is 0.166. The maximum absolute atomic E-state index is 10.4. The molecule has 1 unspecified atom stereocenters. The van der Waals surface area contributed by atoms with E-state index in [1.807, 2.05) is 6.07 Å². The predicted molar refractivity (Wildman–Crippen MR) is 143 cm³/mol. The van der Waals surface area contributed by atoms with Crippen molar-refractivity contribution in [1.29, 1.82) is 0 Å². The van der Waals surface area contributed by atoms with E-state index >= 15 is 0 Å². The second-order valence-electron chi connectivity index (χ2n) is 8.84. The van der Waals surface area contributed by atoms with Gasteiger partial charge in [0, 0.05) is 43.8 Å². The van der Waals surface area contributed by atoms with Gasteiger partial charge in [-0.1, -0.05) is 18.2 Å². The maximum Gasteiger partial charge on any atom is 0.191 e. The number of phenolic OH excluding ortho intramolecular Hbond substituents is 1. The molecule has 1 aliphatic carbocycles. The Morgan fingerprint density at radius 3 is 2.76 bits per heavy atom. The van der Waals surface area contributed by atoms with Gasteiger partial charge in [-0.05, 0) is 67.9 Å². The van der Waals surface area contributed by atoms with E-state index in [0.29, 0.717) is 37.3 Å². The summed E-state index contributed by atoms with van der Waals surface area (Å²) in [5.41, 5.74) is 5.92. The van der Waals surface area contributed by atoms with Crippen LogP contribution in [0.15, 0.2) is 35.3 Å². The van der Waals surface area contributed by atoms with E-state index in [2.05, 4.69) is 46.8 Å². The van der Waals surface area contributed by atoms with Gasteiger partial charge in [-0.25, -0.2) is 0 Å². The van der Waals surface area contributed by atoms with Crippen LogP contribution in [0, 0.1) is 12.8 Å². The number of aromatic hydroxyl groups is 1. The SMILES string of the molecule is CN=C(NCc1ccc(C)cc1OCC1CCOC1)NCc1c(O)ccc2c1CCCC2.I. The van der Waals surface area contributed by atoms with E-state index in [1.54, 1.807) is 7.05 Å². The van der Waals surface area contributed by atoms with Crippen LogP contribution < -0.4 is 15.4 Å². The van der Waals surface area contributed by atoms with E-state index in [1.165, 1.54) is 29.5 Å². The summed E-state index contributed by atoms with van der Waals surface area (Å²) in [6, 6.07) is 10.2. The van der Waals surface area contributed by atoms with Gasteiger partial charge in [-0.3, -0.25) is 4.99 Å². The minimum Gasteiger partial charge on any atom is -0.508 e. The maximum atomic E-state index is 10.4. The van der Waals surface area contributed by atoms with Crippen LogP contribution >= 0.6 is 24.0 Å². The largest absolute Gasteiger partial charge is 0.508 e. The highest BCUT2D eigenvalue weighted by Crippen LogP contribution is 2.30. The van der Waals surface area contributed by atoms with Crippen molar-refractivity contribution in [3.63, 3.8) is 0 Å². The Hall–Kier alpha value is -2.00. The van der Waals surface area contributed by atoms with Gasteiger partial charge in [0.2, 0.25) is 0 Å². The zero-order chi connectivity index (χ0) is 22.3. The van der Waals surface area contributed by atoms with E-state index in [4.69, 9.17) is 9.47 Å². The van der Waals surface area contributed by atoms with Crippen molar-refractivity contribution in [2.45, 2.75) is 52.1 Å². The number of nitrogens with one attached hydrogen (secondary N) is 2. The summed E-state index contributed by atoms with van der Waals surface area (Å²) in [5.74, 6) is 2.44. The van der Waals surface area contributed by atoms with Crippen molar-refractivity contribution in [1.82, 2.24) is 10.6 Å². The topological polar surface area (TPSA) is 75.1 Å². The first-order valence-electron chi connectivity index (χ1n) is 11.7. The summed E-state index contributed by atoms with van der Waals surface area (Å²) in [6.45, 7) is 5.53. The molecule has 2 aromatic carbocycles. The Morgan fingerprint density at radius 1 is 1.15 bits per heavy atom. The molecule has 7 heteroatoms. The standard InChI is InChI=1S/C26H35N3O3.HI/c1-18-7-8-21(25(13-18)32-17-19-11-12-31-16-19)14-28-26(27-2)29-15-23-22-6-4-3-5-20(22)9-10-24(23)30;/h7-10,13,19,30H,3-6,11-12,14-17H2,1-2H3,(H2,27,28,29);1H. The first-order chi connectivity index (χ1) is 15.6. The quantitative estimate of drug-likeness (QED) is 0.263. The predicted octanol–water partition coefficient (Wildman–Crippen LogP) is 4.48. The van der Waals surface area contributed by atoms with E-state index in [9.17, 15) is 5.11 Å². The highest BCUT2D eigenvalue weighted by atomic mass is 127. The molecule has 6 nitrogen and oxygen atoms in total. The number of rotatable bonds is 7. The van der Waals surface area contributed by atoms with Crippen LogP contribution in [0.2, 0.25) is 0 Å². The number of phenols is 1. The fourth-order valence-electron chi connectivity index (χ4n) is 4.53. The second-order valence-corrected chi connectivity index (χ2v) is 8.84. The Kier molecular flexibility index (Phi) is 9.67. The van der Waals surface area contributed by atoms with Crippen molar-refractivity contribution in [3.05, 3.63) is 58.1 Å². The van der Waals surface area contributed by atoms with Crippen molar-refractivity contribution < 1.29 is 14.6 Å². The average Bonchev–Trinajstić information content (AvgIpc) is 3.33. The normalized spacial score (nSPS) is 17.8. The lowest BCUT2D eigenvalue weighted by atomic mass is 9.88. The zero-order valence-electron chi connectivity index (χ0n) is 19.7. The number of halogens is 1. The van der Waals surface area contributed by atoms with Gasteiger partial charge in [-0.15, -0.1) is 24.0 Å². The number of aryl methyl sites for hydroxylation is 2. The number of nitrogens with zero attached hydrogens (tertiary/aromatic N) is 1. The molecule has 180 valence electrons. The van der Waals surface area contributed by atoms with Crippen molar-refractivity contribution in [3.8, 4) is 11.5 Å². The number of benzene rings is 2. The van der Waals surface area contributed by atoms with Gasteiger partial charge in [0.1, 0.15) is 11.5 Å². The van der Waals surface area contributed by atoms with Crippen molar-refractivity contribution >= 4 is 29.9 Å². The third kappa shape index (κ3) is 6.76. The van der Waals surface area contributed by atoms with Gasteiger partial charge in [0.25, 0.3) is 0 Å². The molecule has 0 amide bonds. The molecule has 2 aliphatic rings. The first-order valence-corrected chi connectivity index (χ1v) is 11.7. The fraction of sp³-hybridized carbons (Fsp3) is 0.500. The molecular weight excluding hydrogens is 529 g/mol. The number of aliphatic imine (C=N–C) groups is 1. The summed E-state index contributed by atoms with van der Waals surface area (Å²) >= 11 is 0. The molecule has 2 aromatic rings. The molecule has 4 rings (SSSR count). The van der Waals surface area contributed by atoms with Crippen molar-refractivity contribution in [2.75, 3.05) is 26.9 Å². The molecule has 3 N–H and O–H groups in total. The summed E-state index contributed by atoms with van der Waals surface area (Å²) in [4.78, 5) is 4.37. The highest BCUT2D eigenvalue weighted by Gasteiger charge is 2.18. The highest BCUT2D eigenvalue weighted by molar-refractivity contribution is 14.0. The van der Waals surface area contributed by atoms with Gasteiger partial charge in [0.05, 0.1) is 13.2 Å². The van der Waals surface area contributed by atoms with Crippen LogP contribution in [0.4, 0.5) is 0 Å². The molecule has 0 spiro atoms. The van der Waals surface area contributed by atoms with Gasteiger partial charge < -0.3 is 25.2 Å². The molecule has 1 aliphatic heterocycles. The Bertz CT molecular complexity index is 958. The first kappa shape index (κ1) is 25.6. The Labute approximate surface area is 214 Å². The molecule has 0 radical (unpaired) electrons. The van der Waals surface area contributed by atoms with E-state index in [0.717, 1.165) is 49.4 Å². The zero-order valence-corrected chi connectivity index (χ0v) is 22.0. The molecule has 0 saturated carbocycles. The molecule has 0 bridgehead atoms. The summed E-state index contributed by atoms with van der Waals surface area (Å²) in [7, 11) is 1.77. The molecule has 1 atom stereocenters. The number of hydrogen-bond acceptors (Lipinski definition) is 4. The van der Waals surface area contributed by atoms with E-state index < -0.39 is 0 Å². The summed E-state index contributed by atoms with van der Waals surface area (Å²) in [6.07, 6.45) is 5.59. The van der Waals surface area contributed by atoms with Gasteiger partial charge in [0.15, 0.2) is 5.96 Å². The smallest absolute Gasteiger partial charge is 0.191 e. The monoisotopic (exact) mass is 565 g/mol. The third-order valence-electron chi connectivity index (χ3n) is 6.45. The summed E-state index contributed by atoms with van der Waals surface area (Å²) in [5, 5.41) is 17.2. The van der Waals surface area contributed by atoms with Crippen LogP contribution in [0.3, 0.4) is 0 Å². The Balaban J connectivity index is 0.00000306. The average molecular weight is 565 g/mol. The van der Waals surface area contributed by atoms with Crippen LogP contribution in [0.25, 0.3) is 0 Å². The van der Waals surface area contributed by atoms with Crippen molar-refractivity contribution in [2.24, 2.45) is 10.9 Å². The van der Waals surface area contributed by atoms with Crippen LogP contribution in [-0.2, 0) is 30.7 Å². The Morgan fingerprint density at radius 2 is 1.97 bits per heavy atom.